The smallest absolute Gasteiger partial charge is 0.0438 e. The summed E-state index contributed by atoms with van der Waals surface area (Å²) in [7, 11) is 2.10. The number of likely N-dealkylation sites (N-methyl/N-ethyl adjacent to an activating group) is 1. The van der Waals surface area contributed by atoms with Gasteiger partial charge in [0, 0.05) is 13.1 Å². The first-order chi connectivity index (χ1) is 5.70. The van der Waals surface area contributed by atoms with Crippen molar-refractivity contribution in [3.05, 3.63) is 36.6 Å². The molecule has 12 heavy (non-hydrogen) atoms. The van der Waals surface area contributed by atoms with Crippen molar-refractivity contribution in [2.24, 2.45) is 5.92 Å². The van der Waals surface area contributed by atoms with Gasteiger partial charge in [-0.05, 0) is 19.0 Å². The number of rotatable bonds is 0. The molecule has 1 aliphatic heterocycles. The van der Waals surface area contributed by atoms with Crippen molar-refractivity contribution in [1.82, 2.24) is 4.90 Å². The zero-order valence-electron chi connectivity index (χ0n) is 8.07. The summed E-state index contributed by atoms with van der Waals surface area (Å²) in [6.07, 6.45) is 13.0. The Bertz CT molecular complexity index is 213. The number of hydrogen-bond donors (Lipinski definition) is 0. The van der Waals surface area contributed by atoms with Crippen molar-refractivity contribution in [1.29, 1.82) is 0 Å². The van der Waals surface area contributed by atoms with Crippen LogP contribution in [0.1, 0.15) is 13.8 Å². The molecule has 0 saturated heterocycles. The van der Waals surface area contributed by atoms with E-state index in [0.29, 0.717) is 12.0 Å². The van der Waals surface area contributed by atoms with Crippen LogP contribution in [0.25, 0.3) is 0 Å². The molecule has 1 rings (SSSR count). The molecular formula is C11H17N. The highest BCUT2D eigenvalue weighted by Crippen LogP contribution is 2.06. The Hall–Kier alpha value is -0.980. The van der Waals surface area contributed by atoms with E-state index in [4.69, 9.17) is 0 Å². The van der Waals surface area contributed by atoms with Gasteiger partial charge in [0.05, 0.1) is 0 Å². The lowest BCUT2D eigenvalue weighted by molar-refractivity contribution is 0.406. The van der Waals surface area contributed by atoms with E-state index in [9.17, 15) is 0 Å². The van der Waals surface area contributed by atoms with E-state index in [1.54, 1.807) is 0 Å². The van der Waals surface area contributed by atoms with E-state index in [1.807, 2.05) is 0 Å². The van der Waals surface area contributed by atoms with E-state index in [-0.39, 0.29) is 0 Å². The molecule has 1 heterocycles. The molecular weight excluding hydrogens is 146 g/mol. The molecule has 0 aromatic carbocycles. The van der Waals surface area contributed by atoms with Crippen LogP contribution in [0.2, 0.25) is 0 Å². The molecule has 0 aliphatic carbocycles. The summed E-state index contributed by atoms with van der Waals surface area (Å²) in [6, 6.07) is 0.483. The standard InChI is InChI=1S/C11H17N/c1-10-6-4-5-7-11(2)12(3)9-8-10/h4-11H,1-3H3/b6-4-,7-5-,9-8?. The Balaban J connectivity index is 2.75. The van der Waals surface area contributed by atoms with E-state index in [1.165, 1.54) is 0 Å². The number of allylic oxidation sites excluding steroid dienone is 4. The maximum atomic E-state index is 2.21. The molecule has 2 unspecified atom stereocenters. The van der Waals surface area contributed by atoms with E-state index in [0.717, 1.165) is 0 Å². The highest BCUT2D eigenvalue weighted by molar-refractivity contribution is 5.12. The van der Waals surface area contributed by atoms with Crippen LogP contribution in [0.3, 0.4) is 0 Å². The topological polar surface area (TPSA) is 3.24 Å². The van der Waals surface area contributed by atoms with Crippen LogP contribution < -0.4 is 0 Å². The zero-order chi connectivity index (χ0) is 8.97. The second-order valence-electron chi connectivity index (χ2n) is 3.38. The maximum absolute atomic E-state index is 2.21. The molecule has 1 nitrogen and oxygen atoms in total. The Morgan fingerprint density at radius 3 is 2.42 bits per heavy atom. The first kappa shape index (κ1) is 9.11. The quantitative estimate of drug-likeness (QED) is 0.530. The minimum absolute atomic E-state index is 0.483. The monoisotopic (exact) mass is 163 g/mol. The van der Waals surface area contributed by atoms with Gasteiger partial charge < -0.3 is 4.90 Å². The van der Waals surface area contributed by atoms with Gasteiger partial charge in [0.25, 0.3) is 0 Å². The van der Waals surface area contributed by atoms with Gasteiger partial charge in [0.1, 0.15) is 0 Å². The second kappa shape index (κ2) is 4.15. The van der Waals surface area contributed by atoms with Crippen molar-refractivity contribution in [2.75, 3.05) is 7.05 Å². The fourth-order valence-electron chi connectivity index (χ4n) is 1.07. The predicted octanol–water partition coefficient (Wildman–Crippen LogP) is 2.58. The fourth-order valence-corrected chi connectivity index (χ4v) is 1.07. The number of hydrogen-bond acceptors (Lipinski definition) is 1. The van der Waals surface area contributed by atoms with Gasteiger partial charge in [-0.3, -0.25) is 0 Å². The van der Waals surface area contributed by atoms with Crippen LogP contribution in [-0.2, 0) is 0 Å². The largest absolute Gasteiger partial charge is 0.375 e. The molecule has 0 radical (unpaired) electrons. The molecule has 1 heteroatoms. The van der Waals surface area contributed by atoms with Gasteiger partial charge in [-0.1, -0.05) is 37.3 Å². The van der Waals surface area contributed by atoms with E-state index < -0.39 is 0 Å². The molecule has 66 valence electrons. The summed E-state index contributed by atoms with van der Waals surface area (Å²) in [5.41, 5.74) is 0. The van der Waals surface area contributed by atoms with E-state index in [2.05, 4.69) is 62.4 Å². The molecule has 0 N–H and O–H groups in total. The van der Waals surface area contributed by atoms with Crippen LogP contribution >= 0.6 is 0 Å². The van der Waals surface area contributed by atoms with Gasteiger partial charge in [0.15, 0.2) is 0 Å². The number of nitrogens with zero attached hydrogens (tertiary/aromatic N) is 1. The Labute approximate surface area is 75.1 Å². The Morgan fingerprint density at radius 1 is 1.00 bits per heavy atom. The average Bonchev–Trinajstić information content (AvgIpc) is 2.11. The lowest BCUT2D eigenvalue weighted by Crippen LogP contribution is -2.21. The molecule has 0 amide bonds. The summed E-state index contributed by atoms with van der Waals surface area (Å²) >= 11 is 0. The Morgan fingerprint density at radius 2 is 1.67 bits per heavy atom. The van der Waals surface area contributed by atoms with Crippen LogP contribution in [0.5, 0.6) is 0 Å². The normalized spacial score (nSPS) is 35.1. The van der Waals surface area contributed by atoms with Crippen LogP contribution in [-0.4, -0.2) is 18.0 Å². The van der Waals surface area contributed by atoms with E-state index >= 15 is 0 Å². The third-order valence-electron chi connectivity index (χ3n) is 2.18. The second-order valence-corrected chi connectivity index (χ2v) is 3.38. The zero-order valence-corrected chi connectivity index (χ0v) is 8.07. The van der Waals surface area contributed by atoms with Gasteiger partial charge in [-0.2, -0.15) is 0 Å². The first-order valence-corrected chi connectivity index (χ1v) is 4.45. The predicted molar refractivity (Wildman–Crippen MR) is 53.8 cm³/mol. The lowest BCUT2D eigenvalue weighted by atomic mass is 10.1. The molecule has 0 spiro atoms. The summed E-state index contributed by atoms with van der Waals surface area (Å²) in [5, 5.41) is 0. The molecule has 0 fully saturated rings. The van der Waals surface area contributed by atoms with Crippen LogP contribution in [0.4, 0.5) is 0 Å². The molecule has 0 bridgehead atoms. The molecule has 0 aromatic rings. The highest BCUT2D eigenvalue weighted by atomic mass is 15.1. The summed E-state index contributed by atoms with van der Waals surface area (Å²) < 4.78 is 0. The summed E-state index contributed by atoms with van der Waals surface area (Å²) in [4.78, 5) is 2.21. The van der Waals surface area contributed by atoms with Crippen LogP contribution in [0.15, 0.2) is 36.6 Å². The summed E-state index contributed by atoms with van der Waals surface area (Å²) in [6.45, 7) is 4.37. The minimum atomic E-state index is 0.483. The van der Waals surface area contributed by atoms with Crippen molar-refractivity contribution in [3.8, 4) is 0 Å². The van der Waals surface area contributed by atoms with Gasteiger partial charge in [0.2, 0.25) is 0 Å². The summed E-state index contributed by atoms with van der Waals surface area (Å²) in [5.74, 6) is 0.530. The average molecular weight is 163 g/mol. The third kappa shape index (κ3) is 2.57. The maximum Gasteiger partial charge on any atom is 0.0438 e. The van der Waals surface area contributed by atoms with Gasteiger partial charge in [-0.25, -0.2) is 0 Å². The SMILES string of the molecule is CC1C=CN(C)C(C)/C=C\C=C/1. The van der Waals surface area contributed by atoms with Crippen molar-refractivity contribution in [2.45, 2.75) is 19.9 Å². The van der Waals surface area contributed by atoms with Crippen molar-refractivity contribution < 1.29 is 0 Å². The lowest BCUT2D eigenvalue weighted by Gasteiger charge is -2.19. The first-order valence-electron chi connectivity index (χ1n) is 4.45. The Kier molecular flexibility index (Phi) is 3.15. The van der Waals surface area contributed by atoms with Crippen LogP contribution in [0, 0.1) is 5.92 Å². The van der Waals surface area contributed by atoms with Crippen molar-refractivity contribution >= 4 is 0 Å². The van der Waals surface area contributed by atoms with Gasteiger partial charge in [-0.15, -0.1) is 0 Å². The molecule has 0 saturated carbocycles. The highest BCUT2D eigenvalue weighted by Gasteiger charge is 2.00. The molecule has 1 aliphatic rings. The molecule has 0 aromatic heterocycles. The fraction of sp³-hybridized carbons (Fsp3) is 0.455. The third-order valence-corrected chi connectivity index (χ3v) is 2.18. The minimum Gasteiger partial charge on any atom is -0.375 e. The van der Waals surface area contributed by atoms with Crippen molar-refractivity contribution in [3.63, 3.8) is 0 Å². The van der Waals surface area contributed by atoms with Gasteiger partial charge >= 0.3 is 0 Å². The molecule has 2 atom stereocenters.